The Labute approximate surface area is 151 Å². The first kappa shape index (κ1) is 18.4. The van der Waals surface area contributed by atoms with Crippen molar-refractivity contribution in [2.75, 3.05) is 18.9 Å². The van der Waals surface area contributed by atoms with Crippen LogP contribution in [0.1, 0.15) is 16.7 Å². The molecule has 0 spiro atoms. The largest absolute Gasteiger partial charge is 0.484 e. The van der Waals surface area contributed by atoms with Crippen LogP contribution in [0, 0.1) is 22.7 Å². The lowest BCUT2D eigenvalue weighted by Gasteiger charge is -2.08. The fourth-order valence-corrected chi connectivity index (χ4v) is 2.89. The molecule has 0 radical (unpaired) electrons. The molecule has 1 N–H and O–H groups in total. The number of thioether (sulfide) groups is 1. The molecule has 0 fully saturated rings. The predicted molar refractivity (Wildman–Crippen MR) is 97.0 cm³/mol. The summed E-state index contributed by atoms with van der Waals surface area (Å²) in [6.45, 7) is 0.475. The lowest BCUT2D eigenvalue weighted by Crippen LogP contribution is -2.30. The number of rotatable bonds is 8. The van der Waals surface area contributed by atoms with Crippen molar-refractivity contribution < 1.29 is 9.53 Å². The molecule has 0 heterocycles. The number of benzene rings is 2. The van der Waals surface area contributed by atoms with Gasteiger partial charge in [-0.3, -0.25) is 4.79 Å². The lowest BCUT2D eigenvalue weighted by molar-refractivity contribution is -0.122. The average Bonchev–Trinajstić information content (AvgIpc) is 2.66. The molecule has 0 saturated heterocycles. The standard InChI is InChI=1S/C19H17N3O2S/c20-11-15-5-7-18(8-6-15)24-13-19(23)22-9-10-25-14-17-4-2-1-3-16(17)12-21/h1-8H,9-10,13-14H2,(H,22,23). The number of hydrogen-bond acceptors (Lipinski definition) is 5. The van der Waals surface area contributed by atoms with E-state index in [-0.39, 0.29) is 12.5 Å². The minimum atomic E-state index is -0.192. The number of ether oxygens (including phenoxy) is 1. The van der Waals surface area contributed by atoms with Gasteiger partial charge >= 0.3 is 0 Å². The molecule has 2 aromatic carbocycles. The van der Waals surface area contributed by atoms with Crippen LogP contribution in [-0.4, -0.2) is 24.8 Å². The van der Waals surface area contributed by atoms with Crippen molar-refractivity contribution in [3.8, 4) is 17.9 Å². The molecular weight excluding hydrogens is 334 g/mol. The van der Waals surface area contributed by atoms with Gasteiger partial charge in [-0.2, -0.15) is 22.3 Å². The fourth-order valence-electron chi connectivity index (χ4n) is 2.03. The summed E-state index contributed by atoms with van der Waals surface area (Å²) in [6, 6.07) is 18.3. The molecule has 0 atom stereocenters. The number of carbonyl (C=O) groups excluding carboxylic acids is 1. The summed E-state index contributed by atoms with van der Waals surface area (Å²) in [5.41, 5.74) is 2.24. The molecule has 0 saturated carbocycles. The van der Waals surface area contributed by atoms with Crippen LogP contribution in [0.25, 0.3) is 0 Å². The van der Waals surface area contributed by atoms with Crippen LogP contribution < -0.4 is 10.1 Å². The summed E-state index contributed by atoms with van der Waals surface area (Å²) in [5, 5.41) is 20.5. The molecule has 2 aromatic rings. The quantitative estimate of drug-likeness (QED) is 0.739. The highest BCUT2D eigenvalue weighted by Gasteiger charge is 2.04. The maximum absolute atomic E-state index is 11.7. The molecule has 0 bridgehead atoms. The molecule has 2 rings (SSSR count). The van der Waals surface area contributed by atoms with Gasteiger partial charge in [0.2, 0.25) is 0 Å². The van der Waals surface area contributed by atoms with Crippen molar-refractivity contribution in [2.24, 2.45) is 0 Å². The van der Waals surface area contributed by atoms with Crippen LogP contribution in [0.15, 0.2) is 48.5 Å². The maximum atomic E-state index is 11.7. The highest BCUT2D eigenvalue weighted by Crippen LogP contribution is 2.15. The van der Waals surface area contributed by atoms with E-state index in [4.69, 9.17) is 15.3 Å². The number of hydrogen-bond donors (Lipinski definition) is 1. The SMILES string of the molecule is N#Cc1ccc(OCC(=O)NCCSCc2ccccc2C#N)cc1. The van der Waals surface area contributed by atoms with Gasteiger partial charge < -0.3 is 10.1 Å². The van der Waals surface area contributed by atoms with Crippen LogP contribution in [0.2, 0.25) is 0 Å². The normalized spacial score (nSPS) is 9.68. The third-order valence-corrected chi connectivity index (χ3v) is 4.33. The van der Waals surface area contributed by atoms with Crippen LogP contribution in [0.3, 0.4) is 0 Å². The Hall–Kier alpha value is -2.96. The van der Waals surface area contributed by atoms with Crippen LogP contribution >= 0.6 is 11.8 Å². The van der Waals surface area contributed by atoms with Gasteiger partial charge in [-0.25, -0.2) is 0 Å². The molecule has 5 nitrogen and oxygen atoms in total. The highest BCUT2D eigenvalue weighted by atomic mass is 32.2. The summed E-state index contributed by atoms with van der Waals surface area (Å²) in [4.78, 5) is 11.7. The van der Waals surface area contributed by atoms with Crippen molar-refractivity contribution in [1.82, 2.24) is 5.32 Å². The minimum absolute atomic E-state index is 0.0617. The van der Waals surface area contributed by atoms with Crippen LogP contribution in [0.4, 0.5) is 0 Å². The summed E-state index contributed by atoms with van der Waals surface area (Å²) in [5.74, 6) is 1.85. The van der Waals surface area contributed by atoms with Gasteiger partial charge in [0.15, 0.2) is 6.61 Å². The third kappa shape index (κ3) is 6.21. The molecule has 0 aliphatic carbocycles. The fraction of sp³-hybridized carbons (Fsp3) is 0.211. The Kier molecular flexibility index (Phi) is 7.37. The Bertz CT molecular complexity index is 792. The van der Waals surface area contributed by atoms with Gasteiger partial charge in [-0.1, -0.05) is 18.2 Å². The van der Waals surface area contributed by atoms with Gasteiger partial charge in [-0.05, 0) is 35.9 Å². The summed E-state index contributed by atoms with van der Waals surface area (Å²) < 4.78 is 5.36. The molecular formula is C19H17N3O2S. The summed E-state index contributed by atoms with van der Waals surface area (Å²) in [7, 11) is 0. The van der Waals surface area contributed by atoms with Crippen molar-refractivity contribution in [3.05, 3.63) is 65.2 Å². The van der Waals surface area contributed by atoms with E-state index in [1.165, 1.54) is 0 Å². The Morgan fingerprint density at radius 3 is 2.56 bits per heavy atom. The molecule has 126 valence electrons. The summed E-state index contributed by atoms with van der Waals surface area (Å²) in [6.07, 6.45) is 0. The lowest BCUT2D eigenvalue weighted by atomic mass is 10.1. The molecule has 6 heteroatoms. The van der Waals surface area contributed by atoms with Gasteiger partial charge in [-0.15, -0.1) is 0 Å². The van der Waals surface area contributed by atoms with Crippen LogP contribution in [0.5, 0.6) is 5.75 Å². The van der Waals surface area contributed by atoms with Gasteiger partial charge in [0.25, 0.3) is 5.91 Å². The molecule has 0 aromatic heterocycles. The second-order valence-corrected chi connectivity index (χ2v) is 6.20. The number of amides is 1. The molecule has 0 unspecified atom stereocenters. The van der Waals surface area contributed by atoms with Crippen molar-refractivity contribution >= 4 is 17.7 Å². The van der Waals surface area contributed by atoms with E-state index in [9.17, 15) is 4.79 Å². The third-order valence-electron chi connectivity index (χ3n) is 3.32. The van der Waals surface area contributed by atoms with Crippen molar-refractivity contribution in [1.29, 1.82) is 10.5 Å². The van der Waals surface area contributed by atoms with Crippen molar-refractivity contribution in [3.63, 3.8) is 0 Å². The number of nitrogens with zero attached hydrogens (tertiary/aromatic N) is 2. The van der Waals surface area contributed by atoms with E-state index in [0.717, 1.165) is 17.1 Å². The smallest absolute Gasteiger partial charge is 0.257 e. The van der Waals surface area contributed by atoms with Crippen LogP contribution in [-0.2, 0) is 10.5 Å². The predicted octanol–water partition coefficient (Wildman–Crippen LogP) is 2.86. The zero-order chi connectivity index (χ0) is 17.9. The highest BCUT2D eigenvalue weighted by molar-refractivity contribution is 7.98. The first-order valence-corrected chi connectivity index (χ1v) is 8.84. The van der Waals surface area contributed by atoms with Crippen molar-refractivity contribution in [2.45, 2.75) is 5.75 Å². The Morgan fingerprint density at radius 1 is 1.08 bits per heavy atom. The molecule has 1 amide bonds. The zero-order valence-corrected chi connectivity index (χ0v) is 14.4. The van der Waals surface area contributed by atoms with E-state index < -0.39 is 0 Å². The zero-order valence-electron chi connectivity index (χ0n) is 13.6. The minimum Gasteiger partial charge on any atom is -0.484 e. The topological polar surface area (TPSA) is 85.9 Å². The Balaban J connectivity index is 1.62. The monoisotopic (exact) mass is 351 g/mol. The van der Waals surface area contributed by atoms with E-state index >= 15 is 0 Å². The summed E-state index contributed by atoms with van der Waals surface area (Å²) >= 11 is 1.66. The second kappa shape index (κ2) is 10.0. The average molecular weight is 351 g/mol. The second-order valence-electron chi connectivity index (χ2n) is 5.10. The van der Waals surface area contributed by atoms with E-state index in [1.807, 2.05) is 24.3 Å². The van der Waals surface area contributed by atoms with E-state index in [0.29, 0.717) is 23.4 Å². The molecule has 0 aliphatic rings. The van der Waals surface area contributed by atoms with Gasteiger partial charge in [0.1, 0.15) is 5.75 Å². The van der Waals surface area contributed by atoms with Gasteiger partial charge in [0.05, 0.1) is 23.3 Å². The maximum Gasteiger partial charge on any atom is 0.257 e. The first-order chi connectivity index (χ1) is 12.2. The van der Waals surface area contributed by atoms with E-state index in [1.54, 1.807) is 42.1 Å². The number of nitrogens with one attached hydrogen (secondary N) is 1. The number of nitriles is 2. The number of carbonyl (C=O) groups is 1. The molecule has 25 heavy (non-hydrogen) atoms. The van der Waals surface area contributed by atoms with E-state index in [2.05, 4.69) is 11.4 Å². The van der Waals surface area contributed by atoms with Gasteiger partial charge in [0, 0.05) is 18.1 Å². The molecule has 0 aliphatic heterocycles. The Morgan fingerprint density at radius 2 is 1.84 bits per heavy atom. The first-order valence-electron chi connectivity index (χ1n) is 7.68.